The second-order valence-corrected chi connectivity index (χ2v) is 7.71. The third-order valence-electron chi connectivity index (χ3n) is 5.39. The van der Waals surface area contributed by atoms with Crippen molar-refractivity contribution in [1.82, 2.24) is 0 Å². The molecule has 0 spiro atoms. The Bertz CT molecular complexity index is 1370. The minimum absolute atomic E-state index is 0.0975. The Balaban J connectivity index is 1.71. The lowest BCUT2D eigenvalue weighted by Crippen LogP contribution is -2.24. The summed E-state index contributed by atoms with van der Waals surface area (Å²) in [7, 11) is 0. The summed E-state index contributed by atoms with van der Waals surface area (Å²) in [5.74, 6) is -0.637. The van der Waals surface area contributed by atoms with Gasteiger partial charge in [0.15, 0.2) is 17.1 Å². The minimum Gasteiger partial charge on any atom is -0.455 e. The number of ether oxygens (including phenoxy) is 1. The Morgan fingerprint density at radius 1 is 0.875 bits per heavy atom. The third kappa shape index (κ3) is 3.97. The van der Waals surface area contributed by atoms with Crippen LogP contribution in [0.5, 0.6) is 0 Å². The number of ketones is 1. The molecular formula is C27H22O5. The predicted molar refractivity (Wildman–Crippen MR) is 123 cm³/mol. The lowest BCUT2D eigenvalue weighted by Gasteiger charge is -2.14. The van der Waals surface area contributed by atoms with E-state index in [1.54, 1.807) is 31.2 Å². The SMILES string of the molecule is Cc1ccc(C(=O)C(C)OC(=O)c2cccc3c(=O)c(C)c(-c4ccccc4)oc23)cc1. The number of carbonyl (C=O) groups excluding carboxylic acids is 2. The highest BCUT2D eigenvalue weighted by molar-refractivity contribution is 6.05. The molecule has 0 N–H and O–H groups in total. The van der Waals surface area contributed by atoms with E-state index in [-0.39, 0.29) is 27.7 Å². The van der Waals surface area contributed by atoms with Crippen LogP contribution in [0, 0.1) is 13.8 Å². The Morgan fingerprint density at radius 2 is 1.56 bits per heavy atom. The van der Waals surface area contributed by atoms with Crippen LogP contribution in [0.3, 0.4) is 0 Å². The fourth-order valence-electron chi connectivity index (χ4n) is 3.57. The molecule has 0 aliphatic heterocycles. The van der Waals surface area contributed by atoms with Gasteiger partial charge in [-0.15, -0.1) is 0 Å². The summed E-state index contributed by atoms with van der Waals surface area (Å²) in [6.07, 6.45) is -0.994. The number of fused-ring (bicyclic) bond motifs is 1. The maximum Gasteiger partial charge on any atom is 0.342 e. The Kier molecular flexibility index (Phi) is 5.73. The standard InChI is InChI=1S/C27H22O5/c1-16-12-14-19(15-13-16)24(29)18(3)31-27(30)22-11-7-10-21-23(28)17(2)25(32-26(21)22)20-8-5-4-6-9-20/h4-15,18H,1-3H3. The van der Waals surface area contributed by atoms with E-state index in [9.17, 15) is 14.4 Å². The second kappa shape index (κ2) is 8.63. The van der Waals surface area contributed by atoms with Gasteiger partial charge in [-0.2, -0.15) is 0 Å². The summed E-state index contributed by atoms with van der Waals surface area (Å²) in [6, 6.07) is 21.0. The topological polar surface area (TPSA) is 73.6 Å². The maximum atomic E-state index is 13.0. The van der Waals surface area contributed by atoms with Crippen molar-refractivity contribution in [2.45, 2.75) is 26.9 Å². The Labute approximate surface area is 185 Å². The zero-order valence-electron chi connectivity index (χ0n) is 18.0. The van der Waals surface area contributed by atoms with E-state index < -0.39 is 12.1 Å². The molecule has 0 saturated heterocycles. The van der Waals surface area contributed by atoms with E-state index in [2.05, 4.69) is 0 Å². The first-order valence-corrected chi connectivity index (χ1v) is 10.3. The summed E-state index contributed by atoms with van der Waals surface area (Å²) in [5, 5.41) is 0.286. The summed E-state index contributed by atoms with van der Waals surface area (Å²) in [4.78, 5) is 38.6. The first kappa shape index (κ1) is 21.2. The van der Waals surface area contributed by atoms with Gasteiger partial charge >= 0.3 is 5.97 Å². The van der Waals surface area contributed by atoms with Gasteiger partial charge in [-0.1, -0.05) is 66.2 Å². The Morgan fingerprint density at radius 3 is 2.25 bits per heavy atom. The molecule has 0 aliphatic rings. The molecule has 5 heteroatoms. The molecule has 1 atom stereocenters. The molecule has 4 aromatic rings. The average Bonchev–Trinajstić information content (AvgIpc) is 2.81. The molecule has 5 nitrogen and oxygen atoms in total. The van der Waals surface area contributed by atoms with Crippen LogP contribution in [-0.2, 0) is 4.74 Å². The minimum atomic E-state index is -0.994. The van der Waals surface area contributed by atoms with E-state index in [4.69, 9.17) is 9.15 Å². The largest absolute Gasteiger partial charge is 0.455 e. The van der Waals surface area contributed by atoms with Gasteiger partial charge in [0.05, 0.1) is 5.39 Å². The van der Waals surface area contributed by atoms with Gasteiger partial charge in [0.2, 0.25) is 5.78 Å². The van der Waals surface area contributed by atoms with Gasteiger partial charge in [-0.3, -0.25) is 9.59 Å². The highest BCUT2D eigenvalue weighted by Gasteiger charge is 2.24. The monoisotopic (exact) mass is 426 g/mol. The molecule has 0 fully saturated rings. The van der Waals surface area contributed by atoms with Gasteiger partial charge in [0, 0.05) is 16.7 Å². The van der Waals surface area contributed by atoms with Crippen molar-refractivity contribution in [2.75, 3.05) is 0 Å². The number of hydrogen-bond donors (Lipinski definition) is 0. The summed E-state index contributed by atoms with van der Waals surface area (Å²) < 4.78 is 11.5. The van der Waals surface area contributed by atoms with Gasteiger partial charge in [0.1, 0.15) is 11.3 Å². The maximum absolute atomic E-state index is 13.0. The van der Waals surface area contributed by atoms with Gasteiger partial charge in [-0.05, 0) is 32.9 Å². The van der Waals surface area contributed by atoms with Gasteiger partial charge in [-0.25, -0.2) is 4.79 Å². The fraction of sp³-hybridized carbons (Fsp3) is 0.148. The lowest BCUT2D eigenvalue weighted by molar-refractivity contribution is 0.0319. The normalized spacial score (nSPS) is 11.8. The number of esters is 1. The van der Waals surface area contributed by atoms with Crippen LogP contribution in [0.2, 0.25) is 0 Å². The predicted octanol–water partition coefficient (Wildman–Crippen LogP) is 5.51. The molecule has 3 aromatic carbocycles. The van der Waals surface area contributed by atoms with Crippen LogP contribution >= 0.6 is 0 Å². The quantitative estimate of drug-likeness (QED) is 0.311. The second-order valence-electron chi connectivity index (χ2n) is 7.71. The highest BCUT2D eigenvalue weighted by Crippen LogP contribution is 2.27. The molecule has 1 unspecified atom stereocenters. The van der Waals surface area contributed by atoms with Gasteiger partial charge < -0.3 is 9.15 Å². The summed E-state index contributed by atoms with van der Waals surface area (Å²) >= 11 is 0. The zero-order valence-corrected chi connectivity index (χ0v) is 18.0. The molecule has 1 aromatic heterocycles. The lowest BCUT2D eigenvalue weighted by atomic mass is 10.0. The molecule has 1 heterocycles. The highest BCUT2D eigenvalue weighted by atomic mass is 16.5. The molecule has 0 amide bonds. The summed E-state index contributed by atoms with van der Waals surface area (Å²) in [5.41, 5.74) is 2.70. The van der Waals surface area contributed by atoms with Crippen LogP contribution in [0.25, 0.3) is 22.3 Å². The number of benzene rings is 3. The van der Waals surface area contributed by atoms with Crippen molar-refractivity contribution in [3.63, 3.8) is 0 Å². The molecule has 0 aliphatic carbocycles. The summed E-state index contributed by atoms with van der Waals surface area (Å²) in [6.45, 7) is 5.15. The molecule has 0 saturated carbocycles. The van der Waals surface area contributed by atoms with E-state index in [0.717, 1.165) is 11.1 Å². The van der Waals surface area contributed by atoms with Crippen LogP contribution in [0.4, 0.5) is 0 Å². The molecular weight excluding hydrogens is 404 g/mol. The first-order chi connectivity index (χ1) is 15.4. The average molecular weight is 426 g/mol. The third-order valence-corrected chi connectivity index (χ3v) is 5.39. The number of para-hydroxylation sites is 1. The van der Waals surface area contributed by atoms with Crippen molar-refractivity contribution < 1.29 is 18.7 Å². The van der Waals surface area contributed by atoms with Gasteiger partial charge in [0.25, 0.3) is 0 Å². The van der Waals surface area contributed by atoms with Crippen LogP contribution in [0.1, 0.15) is 38.8 Å². The number of hydrogen-bond acceptors (Lipinski definition) is 5. The zero-order chi connectivity index (χ0) is 22.8. The Hall–Kier alpha value is -3.99. The first-order valence-electron chi connectivity index (χ1n) is 10.3. The molecule has 160 valence electrons. The van der Waals surface area contributed by atoms with Crippen LogP contribution in [-0.4, -0.2) is 17.9 Å². The number of aryl methyl sites for hydroxylation is 1. The van der Waals surface area contributed by atoms with E-state index >= 15 is 0 Å². The smallest absolute Gasteiger partial charge is 0.342 e. The molecule has 32 heavy (non-hydrogen) atoms. The fourth-order valence-corrected chi connectivity index (χ4v) is 3.57. The number of rotatable bonds is 5. The van der Waals surface area contributed by atoms with E-state index in [0.29, 0.717) is 16.9 Å². The number of carbonyl (C=O) groups is 2. The van der Waals surface area contributed by atoms with E-state index in [1.807, 2.05) is 49.4 Å². The van der Waals surface area contributed by atoms with Crippen molar-refractivity contribution in [3.8, 4) is 11.3 Å². The number of Topliss-reactive ketones (excluding diaryl/α,β-unsaturated/α-hetero) is 1. The van der Waals surface area contributed by atoms with Crippen LogP contribution < -0.4 is 5.43 Å². The van der Waals surface area contributed by atoms with Crippen LogP contribution in [0.15, 0.2) is 82.0 Å². The van der Waals surface area contributed by atoms with Crippen molar-refractivity contribution in [1.29, 1.82) is 0 Å². The van der Waals surface area contributed by atoms with Crippen molar-refractivity contribution >= 4 is 22.7 Å². The van der Waals surface area contributed by atoms with E-state index in [1.165, 1.54) is 13.0 Å². The molecule has 0 radical (unpaired) electrons. The molecule has 0 bridgehead atoms. The van der Waals surface area contributed by atoms with Crippen molar-refractivity contribution in [2.24, 2.45) is 0 Å². The van der Waals surface area contributed by atoms with Crippen molar-refractivity contribution in [3.05, 3.63) is 105 Å². The molecule has 4 rings (SSSR count).